The van der Waals surface area contributed by atoms with E-state index in [1.54, 1.807) is 17.0 Å². The number of fused-ring (bicyclic) bond motifs is 1. The third-order valence-electron chi connectivity index (χ3n) is 3.71. The largest absolute Gasteiger partial charge is 0.391 e. The quantitative estimate of drug-likeness (QED) is 0.678. The van der Waals surface area contributed by atoms with Crippen LogP contribution in [0.4, 0.5) is 15.8 Å². The van der Waals surface area contributed by atoms with Crippen LogP contribution in [-0.2, 0) is 0 Å². The van der Waals surface area contributed by atoms with Gasteiger partial charge in [-0.1, -0.05) is 0 Å². The molecule has 1 aliphatic rings. The van der Waals surface area contributed by atoms with Crippen molar-refractivity contribution in [2.75, 3.05) is 18.0 Å². The first-order valence-electron chi connectivity index (χ1n) is 6.72. The van der Waals surface area contributed by atoms with E-state index in [1.807, 2.05) is 0 Å². The van der Waals surface area contributed by atoms with Crippen molar-refractivity contribution in [2.24, 2.45) is 0 Å². The molecule has 0 aliphatic carbocycles. The summed E-state index contributed by atoms with van der Waals surface area (Å²) in [5, 5.41) is 21.1. The van der Waals surface area contributed by atoms with Gasteiger partial charge in [0.25, 0.3) is 5.69 Å². The Morgan fingerprint density at radius 2 is 2.33 bits per heavy atom. The molecule has 0 amide bonds. The molecule has 1 atom stereocenters. The number of pyridine rings is 1. The monoisotopic (exact) mass is 291 g/mol. The zero-order chi connectivity index (χ0) is 15.0. The molecule has 7 heteroatoms. The lowest BCUT2D eigenvalue weighted by Gasteiger charge is -2.32. The van der Waals surface area contributed by atoms with E-state index in [2.05, 4.69) is 4.98 Å². The van der Waals surface area contributed by atoms with Gasteiger partial charge in [-0.25, -0.2) is 4.39 Å². The third-order valence-corrected chi connectivity index (χ3v) is 3.71. The number of nitro groups is 1. The number of aliphatic hydroxyl groups excluding tert-OH is 1. The first-order valence-corrected chi connectivity index (χ1v) is 6.72. The topological polar surface area (TPSA) is 79.5 Å². The van der Waals surface area contributed by atoms with Gasteiger partial charge in [-0.05, 0) is 25.0 Å². The molecule has 0 unspecified atom stereocenters. The first kappa shape index (κ1) is 13.7. The van der Waals surface area contributed by atoms with Gasteiger partial charge in [-0.15, -0.1) is 0 Å². The number of hydrogen-bond donors (Lipinski definition) is 1. The molecule has 110 valence electrons. The second-order valence-corrected chi connectivity index (χ2v) is 5.12. The lowest BCUT2D eigenvalue weighted by Crippen LogP contribution is -2.38. The molecule has 1 fully saturated rings. The molecule has 6 nitrogen and oxygen atoms in total. The minimum absolute atomic E-state index is 0.231. The van der Waals surface area contributed by atoms with Crippen molar-refractivity contribution in [1.29, 1.82) is 0 Å². The summed E-state index contributed by atoms with van der Waals surface area (Å²) in [4.78, 5) is 16.3. The standard InChI is InChI=1S/C14H14FN3O3/c15-11-7-12(18(20)21)10-4-1-5-16-13(10)14(11)17-6-2-3-9(19)8-17/h1,4-5,7,9,19H,2-3,6,8H2/t9-/m0/s1. The molecule has 3 rings (SSSR count). The van der Waals surface area contributed by atoms with Crippen LogP contribution < -0.4 is 4.90 Å². The number of nitro benzene ring substituents is 1. The van der Waals surface area contributed by atoms with E-state index < -0.39 is 16.8 Å². The Kier molecular flexibility index (Phi) is 3.42. The summed E-state index contributed by atoms with van der Waals surface area (Å²) in [6.45, 7) is 0.901. The average molecular weight is 291 g/mol. The van der Waals surface area contributed by atoms with E-state index >= 15 is 0 Å². The van der Waals surface area contributed by atoms with Gasteiger partial charge in [0.1, 0.15) is 11.2 Å². The number of hydrogen-bond acceptors (Lipinski definition) is 5. The lowest BCUT2D eigenvalue weighted by molar-refractivity contribution is -0.383. The van der Waals surface area contributed by atoms with Gasteiger partial charge in [0.15, 0.2) is 5.82 Å². The summed E-state index contributed by atoms with van der Waals surface area (Å²) in [6.07, 6.45) is 2.38. The van der Waals surface area contributed by atoms with Gasteiger partial charge in [-0.2, -0.15) is 0 Å². The van der Waals surface area contributed by atoms with E-state index in [0.717, 1.165) is 12.5 Å². The fraction of sp³-hybridized carbons (Fsp3) is 0.357. The summed E-state index contributed by atoms with van der Waals surface area (Å²) in [5.41, 5.74) is 0.199. The summed E-state index contributed by atoms with van der Waals surface area (Å²) in [5.74, 6) is -0.679. The van der Waals surface area contributed by atoms with Gasteiger partial charge in [0.05, 0.1) is 22.5 Å². The van der Waals surface area contributed by atoms with Crippen LogP contribution in [0.2, 0.25) is 0 Å². The number of aliphatic hydroxyl groups is 1. The van der Waals surface area contributed by atoms with E-state index in [0.29, 0.717) is 24.9 Å². The van der Waals surface area contributed by atoms with E-state index in [-0.39, 0.29) is 16.9 Å². The van der Waals surface area contributed by atoms with Crippen molar-refractivity contribution in [1.82, 2.24) is 4.98 Å². The highest BCUT2D eigenvalue weighted by Gasteiger charge is 2.26. The molecule has 1 aliphatic heterocycles. The number of anilines is 1. The molecular weight excluding hydrogens is 277 g/mol. The molecule has 0 radical (unpaired) electrons. The number of halogens is 1. The molecule has 1 aromatic carbocycles. The molecule has 0 saturated carbocycles. The van der Waals surface area contributed by atoms with Crippen molar-refractivity contribution in [2.45, 2.75) is 18.9 Å². The maximum absolute atomic E-state index is 14.4. The van der Waals surface area contributed by atoms with Gasteiger partial charge >= 0.3 is 0 Å². The maximum atomic E-state index is 14.4. The molecule has 21 heavy (non-hydrogen) atoms. The number of nitrogens with zero attached hydrogens (tertiary/aromatic N) is 3. The highest BCUT2D eigenvalue weighted by molar-refractivity contribution is 5.97. The predicted molar refractivity (Wildman–Crippen MR) is 75.8 cm³/mol. The molecule has 0 spiro atoms. The summed E-state index contributed by atoms with van der Waals surface area (Å²) >= 11 is 0. The van der Waals surface area contributed by atoms with Crippen LogP contribution in [0.15, 0.2) is 24.4 Å². The number of non-ortho nitro benzene ring substituents is 1. The van der Waals surface area contributed by atoms with Crippen molar-refractivity contribution in [3.05, 3.63) is 40.3 Å². The third kappa shape index (κ3) is 2.40. The number of β-amino-alcohol motifs (C(OH)–C–C–N with tert-alkyl or cyclic N) is 1. The number of rotatable bonds is 2. The minimum Gasteiger partial charge on any atom is -0.391 e. The maximum Gasteiger partial charge on any atom is 0.281 e. The summed E-state index contributed by atoms with van der Waals surface area (Å²) in [7, 11) is 0. The smallest absolute Gasteiger partial charge is 0.281 e. The fourth-order valence-electron chi connectivity index (χ4n) is 2.79. The molecule has 2 aromatic rings. The summed E-state index contributed by atoms with van der Waals surface area (Å²) in [6, 6.07) is 4.08. The van der Waals surface area contributed by atoms with Gasteiger partial charge in [0.2, 0.25) is 0 Å². The van der Waals surface area contributed by atoms with E-state index in [1.165, 1.54) is 6.20 Å². The fourth-order valence-corrected chi connectivity index (χ4v) is 2.79. The Balaban J connectivity index is 2.21. The van der Waals surface area contributed by atoms with Crippen LogP contribution >= 0.6 is 0 Å². The first-order chi connectivity index (χ1) is 10.1. The van der Waals surface area contributed by atoms with Crippen LogP contribution in [0.1, 0.15) is 12.8 Å². The minimum atomic E-state index is -0.679. The highest BCUT2D eigenvalue weighted by Crippen LogP contribution is 2.35. The Morgan fingerprint density at radius 3 is 3.05 bits per heavy atom. The molecule has 1 N–H and O–H groups in total. The van der Waals surface area contributed by atoms with Gasteiger partial charge in [-0.3, -0.25) is 15.1 Å². The van der Waals surface area contributed by atoms with Crippen LogP contribution in [0.25, 0.3) is 10.9 Å². The SMILES string of the molecule is O=[N+]([O-])c1cc(F)c(N2CCC[C@H](O)C2)c2ncccc12. The highest BCUT2D eigenvalue weighted by atomic mass is 19.1. The second-order valence-electron chi connectivity index (χ2n) is 5.12. The average Bonchev–Trinajstić information content (AvgIpc) is 2.46. The molecule has 1 aromatic heterocycles. The summed E-state index contributed by atoms with van der Waals surface area (Å²) < 4.78 is 14.4. The van der Waals surface area contributed by atoms with E-state index in [4.69, 9.17) is 0 Å². The Labute approximate surface area is 120 Å². The molecule has 2 heterocycles. The van der Waals surface area contributed by atoms with Crippen LogP contribution in [0.3, 0.4) is 0 Å². The number of benzene rings is 1. The number of piperidine rings is 1. The number of aromatic nitrogens is 1. The molecular formula is C14H14FN3O3. The van der Waals surface area contributed by atoms with Crippen LogP contribution in [0, 0.1) is 15.9 Å². The zero-order valence-electron chi connectivity index (χ0n) is 11.2. The Hall–Kier alpha value is -2.28. The normalized spacial score (nSPS) is 19.0. The van der Waals surface area contributed by atoms with Crippen molar-refractivity contribution in [3.63, 3.8) is 0 Å². The van der Waals surface area contributed by atoms with Crippen molar-refractivity contribution >= 4 is 22.3 Å². The van der Waals surface area contributed by atoms with E-state index in [9.17, 15) is 19.6 Å². The predicted octanol–water partition coefficient (Wildman–Crippen LogP) is 2.24. The molecule has 1 saturated heterocycles. The van der Waals surface area contributed by atoms with Crippen LogP contribution in [0.5, 0.6) is 0 Å². The van der Waals surface area contributed by atoms with Crippen molar-refractivity contribution < 1.29 is 14.4 Å². The second kappa shape index (κ2) is 5.25. The van der Waals surface area contributed by atoms with Crippen LogP contribution in [-0.4, -0.2) is 34.2 Å². The van der Waals surface area contributed by atoms with Crippen molar-refractivity contribution in [3.8, 4) is 0 Å². The zero-order valence-corrected chi connectivity index (χ0v) is 11.2. The Bertz CT molecular complexity index is 707. The van der Waals surface area contributed by atoms with Gasteiger partial charge < -0.3 is 10.0 Å². The van der Waals surface area contributed by atoms with Gasteiger partial charge in [0, 0.05) is 19.3 Å². The Morgan fingerprint density at radius 1 is 1.52 bits per heavy atom. The lowest BCUT2D eigenvalue weighted by atomic mass is 10.1. The molecule has 0 bridgehead atoms.